The molecule has 0 saturated carbocycles. The van der Waals surface area contributed by atoms with E-state index in [1.54, 1.807) is 31.3 Å². The number of sulfonamides is 1. The molecule has 1 N–H and O–H groups in total. The van der Waals surface area contributed by atoms with E-state index in [0.717, 1.165) is 16.6 Å². The van der Waals surface area contributed by atoms with Gasteiger partial charge < -0.3 is 5.32 Å². The summed E-state index contributed by atoms with van der Waals surface area (Å²) in [6.45, 7) is 1.83. The van der Waals surface area contributed by atoms with Crippen molar-refractivity contribution in [2.45, 2.75) is 25.9 Å². The highest BCUT2D eigenvalue weighted by Gasteiger charge is 2.32. The third-order valence-electron chi connectivity index (χ3n) is 3.59. The molecule has 0 saturated heterocycles. The summed E-state index contributed by atoms with van der Waals surface area (Å²) in [6.07, 6.45) is 2.74. The molecule has 1 aromatic heterocycles. The molecule has 1 atom stereocenters. The molecule has 8 heteroatoms. The van der Waals surface area contributed by atoms with Gasteiger partial charge >= 0.3 is 0 Å². The van der Waals surface area contributed by atoms with E-state index in [2.05, 4.69) is 10.3 Å². The van der Waals surface area contributed by atoms with Gasteiger partial charge in [-0.25, -0.2) is 12.8 Å². The first-order valence-corrected chi connectivity index (χ1v) is 9.61. The summed E-state index contributed by atoms with van der Waals surface area (Å²) >= 11 is 0. The van der Waals surface area contributed by atoms with Crippen LogP contribution in [0.15, 0.2) is 48.7 Å². The third kappa shape index (κ3) is 4.76. The number of nitrogens with zero attached hydrogens (tertiary/aromatic N) is 2. The number of rotatable bonds is 7. The zero-order valence-electron chi connectivity index (χ0n) is 14.0. The fraction of sp³-hybridized carbons (Fsp3) is 0.294. The van der Waals surface area contributed by atoms with Crippen LogP contribution in [0.3, 0.4) is 0 Å². The van der Waals surface area contributed by atoms with Gasteiger partial charge in [0.25, 0.3) is 0 Å². The molecule has 0 aliphatic heterocycles. The highest BCUT2D eigenvalue weighted by Crippen LogP contribution is 2.25. The van der Waals surface area contributed by atoms with E-state index >= 15 is 0 Å². The lowest BCUT2D eigenvalue weighted by atomic mass is 10.2. The molecular formula is C17H20FN3O3S. The molecule has 0 fully saturated rings. The van der Waals surface area contributed by atoms with E-state index in [1.807, 2.05) is 0 Å². The molecule has 0 spiro atoms. The predicted molar refractivity (Wildman–Crippen MR) is 93.9 cm³/mol. The number of para-hydroxylation sites is 1. The number of halogens is 1. The van der Waals surface area contributed by atoms with Crippen molar-refractivity contribution < 1.29 is 17.6 Å². The largest absolute Gasteiger partial charge is 0.349 e. The first kappa shape index (κ1) is 18.9. The molecule has 1 unspecified atom stereocenters. The van der Waals surface area contributed by atoms with Gasteiger partial charge in [0.05, 0.1) is 24.2 Å². The van der Waals surface area contributed by atoms with Crippen molar-refractivity contribution in [2.24, 2.45) is 0 Å². The number of benzene rings is 1. The minimum Gasteiger partial charge on any atom is -0.349 e. The smallest absolute Gasteiger partial charge is 0.244 e. The second kappa shape index (κ2) is 8.06. The molecule has 1 aromatic carbocycles. The number of carbonyl (C=O) groups excluding carboxylic acids is 1. The van der Waals surface area contributed by atoms with Crippen LogP contribution in [-0.4, -0.2) is 31.6 Å². The number of hydrogen-bond donors (Lipinski definition) is 1. The first-order valence-electron chi connectivity index (χ1n) is 7.76. The monoisotopic (exact) mass is 365 g/mol. The predicted octanol–water partition coefficient (Wildman–Crippen LogP) is 2.08. The molecule has 0 aliphatic rings. The topological polar surface area (TPSA) is 79.4 Å². The lowest BCUT2D eigenvalue weighted by Crippen LogP contribution is -2.49. The lowest BCUT2D eigenvalue weighted by Gasteiger charge is -2.30. The minimum atomic E-state index is -3.86. The summed E-state index contributed by atoms with van der Waals surface area (Å²) in [5, 5.41) is 2.66. The van der Waals surface area contributed by atoms with Crippen LogP contribution in [0.5, 0.6) is 0 Å². The Morgan fingerprint density at radius 1 is 1.24 bits per heavy atom. The van der Waals surface area contributed by atoms with Crippen molar-refractivity contribution >= 4 is 21.6 Å². The molecule has 134 valence electrons. The Balaban J connectivity index is 2.27. The van der Waals surface area contributed by atoms with E-state index in [0.29, 0.717) is 5.69 Å². The summed E-state index contributed by atoms with van der Waals surface area (Å²) in [6, 6.07) is 9.70. The summed E-state index contributed by atoms with van der Waals surface area (Å²) in [7, 11) is -3.86. The number of nitrogens with one attached hydrogen (secondary N) is 1. The standard InChI is InChI=1S/C17H20FN3O3S/c1-3-15(17(22)20-12-13-8-6-7-11-19-13)21(25(2,23)24)16-10-5-4-9-14(16)18/h4-11,15H,3,12H2,1-2H3,(H,20,22). The van der Waals surface area contributed by atoms with Crippen molar-refractivity contribution in [1.29, 1.82) is 0 Å². The van der Waals surface area contributed by atoms with E-state index in [1.165, 1.54) is 18.2 Å². The zero-order chi connectivity index (χ0) is 18.4. The second-order valence-electron chi connectivity index (χ2n) is 5.47. The van der Waals surface area contributed by atoms with Gasteiger partial charge in [-0.2, -0.15) is 0 Å². The van der Waals surface area contributed by atoms with E-state index < -0.39 is 27.8 Å². The van der Waals surface area contributed by atoms with Gasteiger partial charge in [0, 0.05) is 6.20 Å². The molecular weight excluding hydrogens is 345 g/mol. The Kier molecular flexibility index (Phi) is 6.08. The Morgan fingerprint density at radius 2 is 1.92 bits per heavy atom. The Labute approximate surface area is 146 Å². The van der Waals surface area contributed by atoms with Gasteiger partial charge in [-0.3, -0.25) is 14.1 Å². The maximum atomic E-state index is 14.1. The van der Waals surface area contributed by atoms with Crippen LogP contribution >= 0.6 is 0 Å². The van der Waals surface area contributed by atoms with Gasteiger partial charge in [-0.05, 0) is 30.7 Å². The van der Waals surface area contributed by atoms with E-state index in [-0.39, 0.29) is 18.7 Å². The fourth-order valence-corrected chi connectivity index (χ4v) is 3.68. The summed E-state index contributed by atoms with van der Waals surface area (Å²) < 4.78 is 39.4. The number of pyridine rings is 1. The number of anilines is 1. The maximum absolute atomic E-state index is 14.1. The van der Waals surface area contributed by atoms with Gasteiger partial charge in [0.15, 0.2) is 0 Å². The fourth-order valence-electron chi connectivity index (χ4n) is 2.46. The van der Waals surface area contributed by atoms with Crippen LogP contribution < -0.4 is 9.62 Å². The van der Waals surface area contributed by atoms with Gasteiger partial charge in [0.2, 0.25) is 15.9 Å². The molecule has 0 bridgehead atoms. The average Bonchev–Trinajstić information content (AvgIpc) is 2.58. The zero-order valence-corrected chi connectivity index (χ0v) is 14.8. The highest BCUT2D eigenvalue weighted by molar-refractivity contribution is 7.92. The maximum Gasteiger partial charge on any atom is 0.244 e. The number of amides is 1. The molecule has 25 heavy (non-hydrogen) atoms. The van der Waals surface area contributed by atoms with Gasteiger partial charge in [-0.15, -0.1) is 0 Å². The number of hydrogen-bond acceptors (Lipinski definition) is 4. The third-order valence-corrected chi connectivity index (χ3v) is 4.76. The number of carbonyl (C=O) groups is 1. The van der Waals surface area contributed by atoms with Crippen LogP contribution in [-0.2, 0) is 21.4 Å². The average molecular weight is 365 g/mol. The lowest BCUT2D eigenvalue weighted by molar-refractivity contribution is -0.122. The highest BCUT2D eigenvalue weighted by atomic mass is 32.2. The number of aromatic nitrogens is 1. The quantitative estimate of drug-likeness (QED) is 0.815. The SMILES string of the molecule is CCC(C(=O)NCc1ccccn1)N(c1ccccc1F)S(C)(=O)=O. The molecule has 1 heterocycles. The second-order valence-corrected chi connectivity index (χ2v) is 7.33. The van der Waals surface area contributed by atoms with Gasteiger partial charge in [-0.1, -0.05) is 25.1 Å². The van der Waals surface area contributed by atoms with Crippen molar-refractivity contribution in [2.75, 3.05) is 10.6 Å². The van der Waals surface area contributed by atoms with Crippen LogP contribution in [0.4, 0.5) is 10.1 Å². The van der Waals surface area contributed by atoms with Crippen LogP contribution in [0.25, 0.3) is 0 Å². The van der Waals surface area contributed by atoms with E-state index in [9.17, 15) is 17.6 Å². The Morgan fingerprint density at radius 3 is 2.48 bits per heavy atom. The molecule has 0 radical (unpaired) electrons. The molecule has 0 aliphatic carbocycles. The Bertz CT molecular complexity index is 828. The van der Waals surface area contributed by atoms with Gasteiger partial charge in [0.1, 0.15) is 11.9 Å². The molecule has 6 nitrogen and oxygen atoms in total. The molecule has 2 aromatic rings. The summed E-state index contributed by atoms with van der Waals surface area (Å²) in [5.74, 6) is -1.22. The van der Waals surface area contributed by atoms with Crippen LogP contribution in [0, 0.1) is 5.82 Å². The van der Waals surface area contributed by atoms with Crippen molar-refractivity contribution in [3.05, 3.63) is 60.2 Å². The molecule has 2 rings (SSSR count). The summed E-state index contributed by atoms with van der Waals surface area (Å²) in [4.78, 5) is 16.6. The van der Waals surface area contributed by atoms with Crippen molar-refractivity contribution in [3.8, 4) is 0 Å². The first-order chi connectivity index (χ1) is 11.8. The van der Waals surface area contributed by atoms with Crippen LogP contribution in [0.1, 0.15) is 19.0 Å². The Hall–Kier alpha value is -2.48. The van der Waals surface area contributed by atoms with E-state index in [4.69, 9.17) is 0 Å². The van der Waals surface area contributed by atoms with Crippen LogP contribution in [0.2, 0.25) is 0 Å². The van der Waals surface area contributed by atoms with Crippen molar-refractivity contribution in [3.63, 3.8) is 0 Å². The molecule has 1 amide bonds. The van der Waals surface area contributed by atoms with Crippen molar-refractivity contribution in [1.82, 2.24) is 10.3 Å². The summed E-state index contributed by atoms with van der Waals surface area (Å²) in [5.41, 5.74) is 0.493. The minimum absolute atomic E-state index is 0.148. The normalized spacial score (nSPS) is 12.4.